The SMILES string of the molecule is OC1(CNC2CCCOc3ccccc32)CCC1. The molecule has 2 N–H and O–H groups in total. The lowest BCUT2D eigenvalue weighted by molar-refractivity contribution is -0.0334. The smallest absolute Gasteiger partial charge is 0.124 e. The molecule has 0 spiro atoms. The summed E-state index contributed by atoms with van der Waals surface area (Å²) in [7, 11) is 0. The van der Waals surface area contributed by atoms with Gasteiger partial charge in [0, 0.05) is 18.2 Å². The summed E-state index contributed by atoms with van der Waals surface area (Å²) in [6.45, 7) is 1.49. The lowest BCUT2D eigenvalue weighted by Gasteiger charge is -2.38. The van der Waals surface area contributed by atoms with E-state index in [1.165, 1.54) is 5.56 Å². The first-order valence-corrected chi connectivity index (χ1v) is 6.94. The molecule has 3 nitrogen and oxygen atoms in total. The van der Waals surface area contributed by atoms with Crippen LogP contribution < -0.4 is 10.1 Å². The Balaban J connectivity index is 1.71. The molecule has 2 aliphatic rings. The van der Waals surface area contributed by atoms with Gasteiger partial charge in [-0.25, -0.2) is 0 Å². The van der Waals surface area contributed by atoms with Crippen LogP contribution in [0.3, 0.4) is 0 Å². The molecule has 3 heteroatoms. The average Bonchev–Trinajstić information content (AvgIpc) is 2.56. The molecule has 0 amide bonds. The van der Waals surface area contributed by atoms with Crippen LogP contribution in [-0.4, -0.2) is 23.9 Å². The molecular formula is C15H21NO2. The van der Waals surface area contributed by atoms with Crippen LogP contribution in [0.1, 0.15) is 43.7 Å². The minimum absolute atomic E-state index is 0.313. The number of aliphatic hydroxyl groups is 1. The van der Waals surface area contributed by atoms with E-state index in [9.17, 15) is 5.11 Å². The van der Waals surface area contributed by atoms with Crippen molar-refractivity contribution in [1.29, 1.82) is 0 Å². The molecule has 1 heterocycles. The molecule has 1 aliphatic carbocycles. The first-order chi connectivity index (χ1) is 8.77. The van der Waals surface area contributed by atoms with Crippen LogP contribution >= 0.6 is 0 Å². The molecule has 1 aromatic carbocycles. The summed E-state index contributed by atoms with van der Waals surface area (Å²) in [5.74, 6) is 0.994. The summed E-state index contributed by atoms with van der Waals surface area (Å²) in [5.41, 5.74) is 0.778. The Morgan fingerprint density at radius 3 is 2.89 bits per heavy atom. The van der Waals surface area contributed by atoms with Gasteiger partial charge in [0.25, 0.3) is 0 Å². The number of rotatable bonds is 3. The highest BCUT2D eigenvalue weighted by atomic mass is 16.5. The lowest BCUT2D eigenvalue weighted by atomic mass is 9.80. The Morgan fingerprint density at radius 2 is 2.11 bits per heavy atom. The zero-order valence-corrected chi connectivity index (χ0v) is 10.7. The molecule has 1 atom stereocenters. The van der Waals surface area contributed by atoms with Crippen molar-refractivity contribution in [2.24, 2.45) is 0 Å². The molecule has 1 saturated carbocycles. The van der Waals surface area contributed by atoms with Gasteiger partial charge < -0.3 is 15.2 Å². The molecule has 18 heavy (non-hydrogen) atoms. The van der Waals surface area contributed by atoms with E-state index in [0.29, 0.717) is 12.6 Å². The second-order valence-electron chi connectivity index (χ2n) is 5.54. The standard InChI is InChI=1S/C15H21NO2/c17-15(8-4-9-15)11-16-13-6-3-10-18-14-7-2-1-5-12(13)14/h1-2,5,7,13,16-17H,3-4,6,8-11H2. The first kappa shape index (κ1) is 12.0. The largest absolute Gasteiger partial charge is 0.493 e. The Labute approximate surface area is 108 Å². The number of para-hydroxylation sites is 1. The predicted molar refractivity (Wildman–Crippen MR) is 70.7 cm³/mol. The Bertz CT molecular complexity index is 415. The molecule has 0 aromatic heterocycles. The lowest BCUT2D eigenvalue weighted by Crippen LogP contribution is -2.47. The number of hydrogen-bond acceptors (Lipinski definition) is 3. The van der Waals surface area contributed by atoms with Gasteiger partial charge >= 0.3 is 0 Å². The quantitative estimate of drug-likeness (QED) is 0.862. The number of nitrogens with one attached hydrogen (secondary N) is 1. The van der Waals surface area contributed by atoms with E-state index in [-0.39, 0.29) is 0 Å². The monoisotopic (exact) mass is 247 g/mol. The van der Waals surface area contributed by atoms with Crippen LogP contribution in [0.2, 0.25) is 0 Å². The van der Waals surface area contributed by atoms with Gasteiger partial charge in [0.1, 0.15) is 5.75 Å². The number of fused-ring (bicyclic) bond motifs is 1. The van der Waals surface area contributed by atoms with E-state index in [1.807, 2.05) is 12.1 Å². The third kappa shape index (κ3) is 2.38. The Kier molecular flexibility index (Phi) is 3.27. The average molecular weight is 247 g/mol. The fraction of sp³-hybridized carbons (Fsp3) is 0.600. The molecule has 98 valence electrons. The highest BCUT2D eigenvalue weighted by Crippen LogP contribution is 2.34. The molecule has 0 radical (unpaired) electrons. The fourth-order valence-corrected chi connectivity index (χ4v) is 2.81. The van der Waals surface area contributed by atoms with Crippen LogP contribution in [0, 0.1) is 0 Å². The van der Waals surface area contributed by atoms with Crippen LogP contribution in [0.5, 0.6) is 5.75 Å². The Morgan fingerprint density at radius 1 is 1.28 bits per heavy atom. The second-order valence-corrected chi connectivity index (χ2v) is 5.54. The van der Waals surface area contributed by atoms with E-state index in [0.717, 1.165) is 44.5 Å². The summed E-state index contributed by atoms with van der Waals surface area (Å²) in [5, 5.41) is 13.7. The van der Waals surface area contributed by atoms with Crippen LogP contribution in [0.15, 0.2) is 24.3 Å². The molecule has 1 aliphatic heterocycles. The van der Waals surface area contributed by atoms with Gasteiger partial charge in [-0.2, -0.15) is 0 Å². The normalized spacial score (nSPS) is 25.5. The van der Waals surface area contributed by atoms with Gasteiger partial charge in [-0.1, -0.05) is 18.2 Å². The summed E-state index contributed by atoms with van der Waals surface area (Å²) in [6, 6.07) is 8.55. The van der Waals surface area contributed by atoms with Crippen LogP contribution in [0.25, 0.3) is 0 Å². The van der Waals surface area contributed by atoms with Crippen molar-refractivity contribution in [3.63, 3.8) is 0 Å². The van der Waals surface area contributed by atoms with Crippen molar-refractivity contribution in [2.45, 2.75) is 43.7 Å². The van der Waals surface area contributed by atoms with E-state index >= 15 is 0 Å². The summed E-state index contributed by atoms with van der Waals surface area (Å²) >= 11 is 0. The van der Waals surface area contributed by atoms with Crippen molar-refractivity contribution in [2.75, 3.05) is 13.2 Å². The second kappa shape index (κ2) is 4.90. The highest BCUT2D eigenvalue weighted by Gasteiger charge is 2.35. The van der Waals surface area contributed by atoms with E-state index in [1.54, 1.807) is 0 Å². The topological polar surface area (TPSA) is 41.5 Å². The first-order valence-electron chi connectivity index (χ1n) is 6.94. The summed E-state index contributed by atoms with van der Waals surface area (Å²) < 4.78 is 5.75. The maximum Gasteiger partial charge on any atom is 0.124 e. The van der Waals surface area contributed by atoms with Crippen molar-refractivity contribution >= 4 is 0 Å². The minimum atomic E-state index is -0.456. The zero-order chi connectivity index (χ0) is 12.4. The molecular weight excluding hydrogens is 226 g/mol. The fourth-order valence-electron chi connectivity index (χ4n) is 2.81. The van der Waals surface area contributed by atoms with E-state index < -0.39 is 5.60 Å². The number of ether oxygens (including phenoxy) is 1. The van der Waals surface area contributed by atoms with Crippen molar-refractivity contribution in [3.05, 3.63) is 29.8 Å². The predicted octanol–water partition coefficient (Wildman–Crippen LogP) is 2.40. The molecule has 0 bridgehead atoms. The van der Waals surface area contributed by atoms with Crippen molar-refractivity contribution in [1.82, 2.24) is 5.32 Å². The third-order valence-electron chi connectivity index (χ3n) is 4.15. The summed E-state index contributed by atoms with van der Waals surface area (Å²) in [6.07, 6.45) is 5.16. The number of hydrogen-bond donors (Lipinski definition) is 2. The molecule has 0 saturated heterocycles. The zero-order valence-electron chi connectivity index (χ0n) is 10.7. The van der Waals surface area contributed by atoms with E-state index in [4.69, 9.17) is 4.74 Å². The molecule has 1 unspecified atom stereocenters. The van der Waals surface area contributed by atoms with Crippen LogP contribution in [-0.2, 0) is 0 Å². The van der Waals surface area contributed by atoms with Gasteiger partial charge in [-0.15, -0.1) is 0 Å². The molecule has 1 fully saturated rings. The minimum Gasteiger partial charge on any atom is -0.493 e. The van der Waals surface area contributed by atoms with Gasteiger partial charge in [0.05, 0.1) is 12.2 Å². The Hall–Kier alpha value is -1.06. The van der Waals surface area contributed by atoms with Crippen molar-refractivity contribution < 1.29 is 9.84 Å². The molecule has 1 aromatic rings. The van der Waals surface area contributed by atoms with E-state index in [2.05, 4.69) is 17.4 Å². The van der Waals surface area contributed by atoms with Gasteiger partial charge in [0.15, 0.2) is 0 Å². The summed E-state index contributed by atoms with van der Waals surface area (Å²) in [4.78, 5) is 0. The number of benzene rings is 1. The third-order valence-corrected chi connectivity index (χ3v) is 4.15. The van der Waals surface area contributed by atoms with Crippen LogP contribution in [0.4, 0.5) is 0 Å². The van der Waals surface area contributed by atoms with Crippen molar-refractivity contribution in [3.8, 4) is 5.75 Å². The van der Waals surface area contributed by atoms with Gasteiger partial charge in [0.2, 0.25) is 0 Å². The molecule has 3 rings (SSSR count). The van der Waals surface area contributed by atoms with Gasteiger partial charge in [-0.05, 0) is 38.2 Å². The highest BCUT2D eigenvalue weighted by molar-refractivity contribution is 5.36. The maximum atomic E-state index is 10.2. The maximum absolute atomic E-state index is 10.2. The van der Waals surface area contributed by atoms with Gasteiger partial charge in [-0.3, -0.25) is 0 Å².